The molecule has 0 spiro atoms. The van der Waals surface area contributed by atoms with E-state index in [4.69, 9.17) is 0 Å². The van der Waals surface area contributed by atoms with Gasteiger partial charge < -0.3 is 0 Å². The number of unbranched alkanes of at least 4 members (excludes halogenated alkanes) is 2. The lowest BCUT2D eigenvalue weighted by atomic mass is 9.95. The second kappa shape index (κ2) is 6.65. The third-order valence-electron chi connectivity index (χ3n) is 4.25. The van der Waals surface area contributed by atoms with Gasteiger partial charge in [-0.25, -0.2) is 0 Å². The van der Waals surface area contributed by atoms with Crippen LogP contribution in [0.1, 0.15) is 65.2 Å². The van der Waals surface area contributed by atoms with E-state index in [1.807, 2.05) is 0 Å². The van der Waals surface area contributed by atoms with Gasteiger partial charge in [-0.15, -0.1) is 0 Å². The van der Waals surface area contributed by atoms with E-state index in [0.717, 1.165) is 17.4 Å². The zero-order valence-corrected chi connectivity index (χ0v) is 12.4. The Morgan fingerprint density at radius 3 is 1.71 bits per heavy atom. The van der Waals surface area contributed by atoms with E-state index in [2.05, 4.69) is 13.8 Å². The average molecular weight is 212 g/mol. The zero-order valence-electron chi connectivity index (χ0n) is 10.4. The molecule has 0 aromatic carbocycles. The second-order valence-corrected chi connectivity index (χ2v) is 6.57. The van der Waals surface area contributed by atoms with E-state index in [1.54, 1.807) is 12.8 Å². The van der Waals surface area contributed by atoms with Crippen molar-refractivity contribution in [3.8, 4) is 0 Å². The Morgan fingerprint density at radius 1 is 0.929 bits per heavy atom. The summed E-state index contributed by atoms with van der Waals surface area (Å²) in [6.45, 7) is 4.65. The molecule has 0 radical (unpaired) electrons. The van der Waals surface area contributed by atoms with Crippen molar-refractivity contribution in [1.82, 2.24) is 0 Å². The van der Waals surface area contributed by atoms with E-state index in [9.17, 15) is 0 Å². The molecule has 0 bridgehead atoms. The summed E-state index contributed by atoms with van der Waals surface area (Å²) < 4.78 is 0. The maximum atomic E-state index is 2.33. The number of hydrogen-bond donors (Lipinski definition) is 0. The highest BCUT2D eigenvalue weighted by Crippen LogP contribution is 2.44. The highest BCUT2D eigenvalue weighted by atomic mass is 28.1. The highest BCUT2D eigenvalue weighted by molar-refractivity contribution is 6.12. The largest absolute Gasteiger partial charge is 0.0654 e. The summed E-state index contributed by atoms with van der Waals surface area (Å²) in [6, 6.07) is 0. The Kier molecular flexibility index (Phi) is 5.84. The lowest BCUT2D eigenvalue weighted by Crippen LogP contribution is -2.09. The molecule has 0 aromatic heterocycles. The van der Waals surface area contributed by atoms with E-state index in [0.29, 0.717) is 0 Å². The van der Waals surface area contributed by atoms with Crippen LogP contribution in [0.5, 0.6) is 0 Å². The fraction of sp³-hybridized carbons (Fsp3) is 1.00. The van der Waals surface area contributed by atoms with Gasteiger partial charge in [-0.1, -0.05) is 65.2 Å². The van der Waals surface area contributed by atoms with Crippen LogP contribution in [0.25, 0.3) is 0 Å². The van der Waals surface area contributed by atoms with Crippen molar-refractivity contribution < 1.29 is 0 Å². The summed E-state index contributed by atoms with van der Waals surface area (Å²) in [5.74, 6) is 2.26. The van der Waals surface area contributed by atoms with Gasteiger partial charge in [-0.3, -0.25) is 0 Å². The number of hydrogen-bond acceptors (Lipinski definition) is 0. The highest BCUT2D eigenvalue weighted by Gasteiger charge is 2.31. The van der Waals surface area contributed by atoms with Gasteiger partial charge in [0, 0.05) is 10.2 Å². The molecule has 0 amide bonds. The summed E-state index contributed by atoms with van der Waals surface area (Å²) in [5.41, 5.74) is 1.16. The first-order valence-electron chi connectivity index (χ1n) is 6.79. The summed E-state index contributed by atoms with van der Waals surface area (Å²) in [6.07, 6.45) is 11.9. The predicted molar refractivity (Wildman–Crippen MR) is 69.0 cm³/mol. The minimum atomic E-state index is 1.13. The molecule has 1 heteroatoms. The van der Waals surface area contributed by atoms with Crippen LogP contribution >= 0.6 is 0 Å². The van der Waals surface area contributed by atoms with Crippen LogP contribution in [-0.2, 0) is 0 Å². The third kappa shape index (κ3) is 3.41. The Labute approximate surface area is 93.3 Å². The molecule has 0 aromatic rings. The first-order valence-corrected chi connectivity index (χ1v) is 7.95. The van der Waals surface area contributed by atoms with Gasteiger partial charge >= 0.3 is 0 Å². The smallest absolute Gasteiger partial charge is 0.00743 e. The normalized spacial score (nSPS) is 32.6. The van der Waals surface area contributed by atoms with Crippen LogP contribution in [0.3, 0.4) is 0 Å². The summed E-state index contributed by atoms with van der Waals surface area (Å²) in [5, 5.41) is 0. The van der Waals surface area contributed by atoms with Crippen molar-refractivity contribution in [2.24, 2.45) is 11.8 Å². The summed E-state index contributed by atoms with van der Waals surface area (Å²) in [4.78, 5) is 0. The van der Waals surface area contributed by atoms with E-state index >= 15 is 0 Å². The van der Waals surface area contributed by atoms with E-state index in [-0.39, 0.29) is 0 Å². The van der Waals surface area contributed by atoms with Crippen molar-refractivity contribution in [1.29, 1.82) is 0 Å². The average Bonchev–Trinajstić information content (AvgIpc) is 2.54. The van der Waals surface area contributed by atoms with Crippen molar-refractivity contribution in [3.05, 3.63) is 0 Å². The molecule has 1 fully saturated rings. The Balaban J connectivity index is 2.24. The molecule has 1 aliphatic rings. The zero-order chi connectivity index (χ0) is 10.4. The third-order valence-corrected chi connectivity index (χ3v) is 6.14. The van der Waals surface area contributed by atoms with Gasteiger partial charge in [0.1, 0.15) is 0 Å². The first-order chi connectivity index (χ1) is 6.79. The summed E-state index contributed by atoms with van der Waals surface area (Å²) in [7, 11) is 1.45. The van der Waals surface area contributed by atoms with Crippen LogP contribution in [-0.4, -0.2) is 10.2 Å². The molecule has 84 valence electrons. The first kappa shape index (κ1) is 12.3. The van der Waals surface area contributed by atoms with Crippen LogP contribution < -0.4 is 0 Å². The van der Waals surface area contributed by atoms with Crippen LogP contribution in [0, 0.1) is 11.8 Å². The molecule has 1 rings (SSSR count). The van der Waals surface area contributed by atoms with Gasteiger partial charge in [0.2, 0.25) is 0 Å². The Bertz CT molecular complexity index is 128. The molecule has 14 heavy (non-hydrogen) atoms. The minimum absolute atomic E-state index is 1.13. The lowest BCUT2D eigenvalue weighted by Gasteiger charge is -2.20. The van der Waals surface area contributed by atoms with Crippen LogP contribution in [0.2, 0.25) is 5.54 Å². The lowest BCUT2D eigenvalue weighted by molar-refractivity contribution is 0.427. The quantitative estimate of drug-likeness (QED) is 0.591. The molecule has 2 unspecified atom stereocenters. The van der Waals surface area contributed by atoms with Gasteiger partial charge in [0.25, 0.3) is 0 Å². The van der Waals surface area contributed by atoms with Crippen molar-refractivity contribution in [2.75, 3.05) is 0 Å². The standard InChI is InChI=1S/C13H28Si/c1-3-5-7-11-9-10-12(13(11)14)8-6-4-2/h11-13H,3-10H2,1-2,14H3. The van der Waals surface area contributed by atoms with Gasteiger partial charge in [-0.05, 0) is 17.4 Å². The van der Waals surface area contributed by atoms with E-state index < -0.39 is 0 Å². The molecule has 0 nitrogen and oxygen atoms in total. The predicted octanol–water partition coefficient (Wildman–Crippen LogP) is 3.55. The molecule has 2 atom stereocenters. The SMILES string of the molecule is CCCCC1CCC(CCCC)C1[SiH3]. The maximum absolute atomic E-state index is 2.33. The minimum Gasteiger partial charge on any atom is -0.0654 e. The fourth-order valence-electron chi connectivity index (χ4n) is 3.09. The molecule has 1 saturated carbocycles. The van der Waals surface area contributed by atoms with E-state index in [1.165, 1.54) is 48.8 Å². The molecule has 0 heterocycles. The fourth-order valence-corrected chi connectivity index (χ4v) is 4.42. The second-order valence-electron chi connectivity index (χ2n) is 5.24. The molecule has 1 aliphatic carbocycles. The van der Waals surface area contributed by atoms with Crippen molar-refractivity contribution in [2.45, 2.75) is 70.8 Å². The topological polar surface area (TPSA) is 0 Å². The maximum Gasteiger partial charge on any atom is 0.00743 e. The molecule has 0 aliphatic heterocycles. The van der Waals surface area contributed by atoms with Crippen LogP contribution in [0.4, 0.5) is 0 Å². The number of rotatable bonds is 6. The Morgan fingerprint density at radius 2 is 1.36 bits per heavy atom. The van der Waals surface area contributed by atoms with Gasteiger partial charge in [0.05, 0.1) is 0 Å². The van der Waals surface area contributed by atoms with Crippen molar-refractivity contribution >= 4 is 10.2 Å². The summed E-state index contributed by atoms with van der Waals surface area (Å²) >= 11 is 0. The molecule has 0 N–H and O–H groups in total. The Hall–Kier alpha value is 0.217. The van der Waals surface area contributed by atoms with Crippen LogP contribution in [0.15, 0.2) is 0 Å². The monoisotopic (exact) mass is 212 g/mol. The molecule has 0 saturated heterocycles. The molecular weight excluding hydrogens is 184 g/mol. The molecular formula is C13H28Si. The van der Waals surface area contributed by atoms with Crippen molar-refractivity contribution in [3.63, 3.8) is 0 Å². The van der Waals surface area contributed by atoms with Gasteiger partial charge in [0.15, 0.2) is 0 Å². The van der Waals surface area contributed by atoms with Gasteiger partial charge in [-0.2, -0.15) is 0 Å².